The number of likely N-dealkylation sites (tertiary alicyclic amines) is 2. The van der Waals surface area contributed by atoms with Gasteiger partial charge >= 0.3 is 6.09 Å². The maximum Gasteiger partial charge on any atom is 0.407 e. The molecule has 1 aliphatic carbocycles. The Kier molecular flexibility index (Phi) is 9.63. The number of nitrogens with zero attached hydrogens (tertiary/aromatic N) is 3. The maximum absolute atomic E-state index is 14.5. The van der Waals surface area contributed by atoms with E-state index in [9.17, 15) is 19.1 Å². The van der Waals surface area contributed by atoms with Crippen LogP contribution in [0.3, 0.4) is 0 Å². The molecule has 1 unspecified atom stereocenters. The van der Waals surface area contributed by atoms with Crippen molar-refractivity contribution in [3.63, 3.8) is 0 Å². The van der Waals surface area contributed by atoms with E-state index in [-0.39, 0.29) is 36.8 Å². The van der Waals surface area contributed by atoms with E-state index in [2.05, 4.69) is 21.3 Å². The Hall–Kier alpha value is -4.64. The zero-order chi connectivity index (χ0) is 33.1. The molecular formula is C36H41FN4O6. The third kappa shape index (κ3) is 6.76. The molecule has 0 spiro atoms. The number of allylic oxidation sites excluding steroid dienone is 2. The molecule has 2 aliphatic heterocycles. The van der Waals surface area contributed by atoms with Gasteiger partial charge in [-0.05, 0) is 103 Å². The van der Waals surface area contributed by atoms with Gasteiger partial charge in [-0.3, -0.25) is 9.69 Å². The number of carbonyl (C=O) groups excluding carboxylic acids is 1. The summed E-state index contributed by atoms with van der Waals surface area (Å²) < 4.78 is 31.5. The first-order chi connectivity index (χ1) is 22.8. The average Bonchev–Trinajstić information content (AvgIpc) is 3.68. The summed E-state index contributed by atoms with van der Waals surface area (Å²) in [7, 11) is 3.35. The van der Waals surface area contributed by atoms with Crippen LogP contribution in [0.5, 0.6) is 11.5 Å². The van der Waals surface area contributed by atoms with Crippen molar-refractivity contribution in [2.75, 3.05) is 40.4 Å². The third-order valence-corrected chi connectivity index (χ3v) is 9.70. The average molecular weight is 645 g/mol. The van der Waals surface area contributed by atoms with Crippen LogP contribution in [0.4, 0.5) is 9.18 Å². The molecule has 6 rings (SSSR count). The first kappa shape index (κ1) is 32.3. The lowest BCUT2D eigenvalue weighted by Crippen LogP contribution is -2.49. The standard InChI is InChI=1S/C36H41FN4O6/c1-22-28(27-8-7-24(37)17-29(27)30(22)19-38-34(42)18-25-20-47-21-39-25)14-23-15-32(45-2)35(33(16-23)46-3)31-6-4-5-11-41(31)26-9-12-40(13-10-26)36(43)44/h7-8,14-17,20-21,26,31H,4-6,9-13,18-19H2,1-3H3,(H,38,42)(H,43,44)/b28-14-. The van der Waals surface area contributed by atoms with Crippen molar-refractivity contribution >= 4 is 29.2 Å². The Bertz CT molecular complexity index is 1670. The van der Waals surface area contributed by atoms with Crippen LogP contribution in [-0.2, 0) is 11.2 Å². The quantitative estimate of drug-likeness (QED) is 0.283. The minimum Gasteiger partial charge on any atom is -0.496 e. The fourth-order valence-corrected chi connectivity index (χ4v) is 7.35. The van der Waals surface area contributed by atoms with Gasteiger partial charge < -0.3 is 29.2 Å². The fourth-order valence-electron chi connectivity index (χ4n) is 7.35. The molecule has 1 aromatic heterocycles. The highest BCUT2D eigenvalue weighted by molar-refractivity contribution is 6.06. The zero-order valence-electron chi connectivity index (χ0n) is 27.1. The Morgan fingerprint density at radius 1 is 1.06 bits per heavy atom. The molecular weight excluding hydrogens is 603 g/mol. The van der Waals surface area contributed by atoms with Gasteiger partial charge in [0.05, 0.1) is 31.9 Å². The number of carbonyl (C=O) groups is 2. The molecule has 0 bridgehead atoms. The summed E-state index contributed by atoms with van der Waals surface area (Å²) in [5.41, 5.74) is 6.78. The molecule has 3 aliphatic rings. The van der Waals surface area contributed by atoms with Crippen LogP contribution < -0.4 is 14.8 Å². The maximum atomic E-state index is 14.5. The summed E-state index contributed by atoms with van der Waals surface area (Å²) in [6, 6.07) is 9.17. The van der Waals surface area contributed by atoms with Gasteiger partial charge in [0.25, 0.3) is 0 Å². The molecule has 2 amide bonds. The molecule has 2 aromatic carbocycles. The number of aromatic nitrogens is 1. The lowest BCUT2D eigenvalue weighted by Gasteiger charge is -2.45. The highest BCUT2D eigenvalue weighted by Gasteiger charge is 2.36. The van der Waals surface area contributed by atoms with Gasteiger partial charge in [-0.2, -0.15) is 0 Å². The van der Waals surface area contributed by atoms with E-state index < -0.39 is 6.09 Å². The van der Waals surface area contributed by atoms with Crippen molar-refractivity contribution < 1.29 is 33.0 Å². The zero-order valence-corrected chi connectivity index (χ0v) is 27.1. The number of hydrogen-bond donors (Lipinski definition) is 2. The topological polar surface area (TPSA) is 117 Å². The number of methoxy groups -OCH3 is 2. The van der Waals surface area contributed by atoms with E-state index in [1.165, 1.54) is 29.7 Å². The highest BCUT2D eigenvalue weighted by Crippen LogP contribution is 2.46. The summed E-state index contributed by atoms with van der Waals surface area (Å²) >= 11 is 0. The minimum atomic E-state index is -0.855. The van der Waals surface area contributed by atoms with E-state index in [0.29, 0.717) is 18.8 Å². The lowest BCUT2D eigenvalue weighted by atomic mass is 9.89. The smallest absolute Gasteiger partial charge is 0.407 e. The molecule has 3 heterocycles. The van der Waals surface area contributed by atoms with E-state index in [4.69, 9.17) is 13.9 Å². The molecule has 2 saturated heterocycles. The van der Waals surface area contributed by atoms with Crippen LogP contribution in [0.1, 0.15) is 73.0 Å². The minimum absolute atomic E-state index is 0.0843. The van der Waals surface area contributed by atoms with E-state index in [1.54, 1.807) is 20.3 Å². The summed E-state index contributed by atoms with van der Waals surface area (Å²) in [5, 5.41) is 12.4. The van der Waals surface area contributed by atoms with Crippen molar-refractivity contribution in [1.82, 2.24) is 20.1 Å². The summed E-state index contributed by atoms with van der Waals surface area (Å²) in [6.07, 6.45) is 8.76. The number of ether oxygens (including phenoxy) is 2. The van der Waals surface area contributed by atoms with Crippen LogP contribution in [-0.4, -0.2) is 78.3 Å². The summed E-state index contributed by atoms with van der Waals surface area (Å²) in [4.78, 5) is 32.2. The predicted molar refractivity (Wildman–Crippen MR) is 176 cm³/mol. The molecule has 11 heteroatoms. The monoisotopic (exact) mass is 644 g/mol. The van der Waals surface area contributed by atoms with Gasteiger partial charge in [0, 0.05) is 31.7 Å². The number of oxazole rings is 1. The number of halogens is 1. The Morgan fingerprint density at radius 2 is 1.81 bits per heavy atom. The van der Waals surface area contributed by atoms with E-state index in [1.807, 2.05) is 19.1 Å². The summed E-state index contributed by atoms with van der Waals surface area (Å²) in [6.45, 7) is 4.24. The fraction of sp³-hybridized carbons (Fsp3) is 0.417. The number of fused-ring (bicyclic) bond motifs is 1. The molecule has 2 N–H and O–H groups in total. The molecule has 3 aromatic rings. The lowest BCUT2D eigenvalue weighted by molar-refractivity contribution is -0.120. The van der Waals surface area contributed by atoms with Crippen molar-refractivity contribution in [2.45, 2.75) is 57.5 Å². The first-order valence-corrected chi connectivity index (χ1v) is 16.1. The normalized spacial score (nSPS) is 19.6. The van der Waals surface area contributed by atoms with Crippen LogP contribution in [0, 0.1) is 5.82 Å². The van der Waals surface area contributed by atoms with Gasteiger partial charge in [0.15, 0.2) is 6.39 Å². The second kappa shape index (κ2) is 14.0. The first-order valence-electron chi connectivity index (χ1n) is 16.1. The highest BCUT2D eigenvalue weighted by atomic mass is 19.1. The van der Waals surface area contributed by atoms with E-state index in [0.717, 1.165) is 89.1 Å². The number of carboxylic acid groups (broad SMARTS) is 1. The van der Waals surface area contributed by atoms with Crippen molar-refractivity contribution in [2.24, 2.45) is 0 Å². The third-order valence-electron chi connectivity index (χ3n) is 9.70. The molecule has 47 heavy (non-hydrogen) atoms. The number of nitrogens with one attached hydrogen (secondary N) is 1. The largest absolute Gasteiger partial charge is 0.496 e. The number of piperidine rings is 2. The number of benzene rings is 2. The Balaban J connectivity index is 1.31. The SMILES string of the molecule is COc1cc(/C=C2/C(C)=C(CNC(=O)Cc3cocn3)c3cc(F)ccc32)cc(OC)c1C1CCCCN1C1CCN(C(=O)O)CC1. The second-order valence-corrected chi connectivity index (χ2v) is 12.4. The van der Waals surface area contributed by atoms with Crippen molar-refractivity contribution in [3.8, 4) is 11.5 Å². The predicted octanol–water partition coefficient (Wildman–Crippen LogP) is 6.19. The van der Waals surface area contributed by atoms with Crippen molar-refractivity contribution in [3.05, 3.63) is 82.3 Å². The van der Waals surface area contributed by atoms with Gasteiger partial charge in [-0.15, -0.1) is 0 Å². The van der Waals surface area contributed by atoms with Gasteiger partial charge in [0.1, 0.15) is 23.6 Å². The number of hydrogen-bond acceptors (Lipinski definition) is 7. The molecule has 0 saturated carbocycles. The van der Waals surface area contributed by atoms with E-state index >= 15 is 0 Å². The van der Waals surface area contributed by atoms with Crippen LogP contribution in [0.25, 0.3) is 17.2 Å². The van der Waals surface area contributed by atoms with Crippen molar-refractivity contribution in [1.29, 1.82) is 0 Å². The van der Waals surface area contributed by atoms with Gasteiger partial charge in [-0.1, -0.05) is 12.5 Å². The summed E-state index contributed by atoms with van der Waals surface area (Å²) in [5.74, 6) is 0.914. The van der Waals surface area contributed by atoms with Crippen LogP contribution >= 0.6 is 0 Å². The molecule has 10 nitrogen and oxygen atoms in total. The Morgan fingerprint density at radius 3 is 2.47 bits per heavy atom. The van der Waals surface area contributed by atoms with Crippen LogP contribution in [0.15, 0.2) is 53.0 Å². The second-order valence-electron chi connectivity index (χ2n) is 12.4. The molecule has 2 fully saturated rings. The molecule has 248 valence electrons. The number of amides is 2. The Labute approximate surface area is 273 Å². The van der Waals surface area contributed by atoms with Gasteiger partial charge in [-0.25, -0.2) is 14.2 Å². The molecule has 1 atom stereocenters. The van der Waals surface area contributed by atoms with Crippen LogP contribution in [0.2, 0.25) is 0 Å². The molecule has 0 radical (unpaired) electrons. The number of rotatable bonds is 9. The van der Waals surface area contributed by atoms with Gasteiger partial charge in [0.2, 0.25) is 5.91 Å².